The molecule has 1 aromatic heterocycles. The molecule has 0 unspecified atom stereocenters. The fraction of sp³-hybridized carbons (Fsp3) is 0. The Hall–Kier alpha value is -3.30. The van der Waals surface area contributed by atoms with Crippen LogP contribution in [0.4, 0.5) is 28.7 Å². The molecule has 102 valence electrons. The molecule has 0 fully saturated rings. The Kier molecular flexibility index (Phi) is 3.37. The third-order valence-corrected chi connectivity index (χ3v) is 2.37. The van der Waals surface area contributed by atoms with Gasteiger partial charge in [0.1, 0.15) is 6.33 Å². The molecule has 0 saturated heterocycles. The summed E-state index contributed by atoms with van der Waals surface area (Å²) in [6, 6.07) is 5.33. The normalized spacial score (nSPS) is 10.0. The highest BCUT2D eigenvalue weighted by atomic mass is 16.6. The zero-order valence-corrected chi connectivity index (χ0v) is 9.89. The number of benzene rings is 1. The van der Waals surface area contributed by atoms with Crippen LogP contribution in [0.3, 0.4) is 0 Å². The highest BCUT2D eigenvalue weighted by Gasteiger charge is 2.21. The number of nitrogens with one attached hydrogen (secondary N) is 1. The van der Waals surface area contributed by atoms with Crippen LogP contribution in [-0.2, 0) is 0 Å². The standard InChI is InChI=1S/C10H8N6O4/c11-9-8(16(19)20)10(13-5-12-9)14-6-1-3-7(4-2-6)15(17)18/h1-5H,(H3,11,12,13,14). The number of rotatable bonds is 4. The van der Waals surface area contributed by atoms with Crippen molar-refractivity contribution in [3.8, 4) is 0 Å². The second kappa shape index (κ2) is 5.14. The van der Waals surface area contributed by atoms with Crippen molar-refractivity contribution in [2.24, 2.45) is 0 Å². The second-order valence-electron chi connectivity index (χ2n) is 3.64. The predicted octanol–water partition coefficient (Wildman–Crippen LogP) is 1.62. The minimum Gasteiger partial charge on any atom is -0.378 e. The molecule has 0 aliphatic carbocycles. The van der Waals surface area contributed by atoms with Crippen LogP contribution in [0.15, 0.2) is 30.6 Å². The first-order chi connectivity index (χ1) is 9.49. The molecule has 0 spiro atoms. The van der Waals surface area contributed by atoms with Crippen LogP contribution in [0.1, 0.15) is 0 Å². The fourth-order valence-corrected chi connectivity index (χ4v) is 1.47. The molecule has 10 nitrogen and oxygen atoms in total. The minimum absolute atomic E-state index is 0.0867. The maximum Gasteiger partial charge on any atom is 0.353 e. The summed E-state index contributed by atoms with van der Waals surface area (Å²) in [6.45, 7) is 0. The Labute approximate surface area is 111 Å². The van der Waals surface area contributed by atoms with Gasteiger partial charge in [0.2, 0.25) is 11.6 Å². The van der Waals surface area contributed by atoms with Gasteiger partial charge in [-0.15, -0.1) is 0 Å². The van der Waals surface area contributed by atoms with E-state index in [1.54, 1.807) is 0 Å². The van der Waals surface area contributed by atoms with Gasteiger partial charge in [-0.2, -0.15) is 0 Å². The summed E-state index contributed by atoms with van der Waals surface area (Å²) in [5, 5.41) is 24.1. The van der Waals surface area contributed by atoms with Gasteiger partial charge in [-0.25, -0.2) is 9.97 Å². The molecule has 0 radical (unpaired) electrons. The lowest BCUT2D eigenvalue weighted by molar-refractivity contribution is -0.384. The Bertz CT molecular complexity index is 672. The van der Waals surface area contributed by atoms with Gasteiger partial charge in [-0.1, -0.05) is 0 Å². The molecule has 0 aliphatic rings. The van der Waals surface area contributed by atoms with Crippen LogP contribution in [0.5, 0.6) is 0 Å². The molecule has 2 rings (SSSR count). The lowest BCUT2D eigenvalue weighted by atomic mass is 10.3. The van der Waals surface area contributed by atoms with Gasteiger partial charge < -0.3 is 11.1 Å². The van der Waals surface area contributed by atoms with E-state index < -0.39 is 15.5 Å². The van der Waals surface area contributed by atoms with Crippen molar-refractivity contribution in [2.45, 2.75) is 0 Å². The van der Waals surface area contributed by atoms with Crippen molar-refractivity contribution in [1.29, 1.82) is 0 Å². The van der Waals surface area contributed by atoms with Crippen LogP contribution in [0, 0.1) is 20.2 Å². The van der Waals surface area contributed by atoms with E-state index in [9.17, 15) is 20.2 Å². The number of aromatic nitrogens is 2. The van der Waals surface area contributed by atoms with Crippen LogP contribution in [0.2, 0.25) is 0 Å². The number of nitrogens with zero attached hydrogens (tertiary/aromatic N) is 4. The summed E-state index contributed by atoms with van der Waals surface area (Å²) < 4.78 is 0. The average Bonchev–Trinajstić information content (AvgIpc) is 2.39. The minimum atomic E-state index is -0.705. The van der Waals surface area contributed by atoms with Gasteiger partial charge in [0.15, 0.2) is 0 Å². The number of hydrogen-bond acceptors (Lipinski definition) is 8. The number of nitrogens with two attached hydrogens (primary N) is 1. The maximum absolute atomic E-state index is 10.9. The molecule has 0 bridgehead atoms. The highest BCUT2D eigenvalue weighted by Crippen LogP contribution is 2.29. The van der Waals surface area contributed by atoms with E-state index in [2.05, 4.69) is 15.3 Å². The monoisotopic (exact) mass is 276 g/mol. The summed E-state index contributed by atoms with van der Waals surface area (Å²) >= 11 is 0. The molecular formula is C10H8N6O4. The summed E-state index contributed by atoms with van der Waals surface area (Å²) in [5.41, 5.74) is 5.27. The van der Waals surface area contributed by atoms with E-state index in [1.165, 1.54) is 24.3 Å². The lowest BCUT2D eigenvalue weighted by Crippen LogP contribution is -2.05. The molecule has 20 heavy (non-hydrogen) atoms. The topological polar surface area (TPSA) is 150 Å². The smallest absolute Gasteiger partial charge is 0.353 e. The number of nitro benzene ring substituents is 1. The van der Waals surface area contributed by atoms with E-state index in [1.807, 2.05) is 0 Å². The molecule has 3 N–H and O–H groups in total. The van der Waals surface area contributed by atoms with Gasteiger partial charge in [0.05, 0.1) is 9.85 Å². The Balaban J connectivity index is 2.33. The van der Waals surface area contributed by atoms with Crippen molar-refractivity contribution >= 4 is 28.7 Å². The van der Waals surface area contributed by atoms with Crippen molar-refractivity contribution < 1.29 is 9.85 Å². The van der Waals surface area contributed by atoms with Crippen molar-refractivity contribution in [1.82, 2.24) is 9.97 Å². The van der Waals surface area contributed by atoms with Gasteiger partial charge in [0.25, 0.3) is 5.69 Å². The Morgan fingerprint density at radius 2 is 1.70 bits per heavy atom. The van der Waals surface area contributed by atoms with Crippen molar-refractivity contribution in [2.75, 3.05) is 11.1 Å². The molecule has 10 heteroatoms. The Morgan fingerprint density at radius 3 is 2.25 bits per heavy atom. The first-order valence-electron chi connectivity index (χ1n) is 5.25. The van der Waals surface area contributed by atoms with Crippen molar-refractivity contribution in [3.05, 3.63) is 50.8 Å². The number of non-ortho nitro benzene ring substituents is 1. The van der Waals surface area contributed by atoms with Crippen LogP contribution >= 0.6 is 0 Å². The average molecular weight is 276 g/mol. The lowest BCUT2D eigenvalue weighted by Gasteiger charge is -2.06. The number of anilines is 3. The van der Waals surface area contributed by atoms with E-state index in [0.717, 1.165) is 6.33 Å². The van der Waals surface area contributed by atoms with Crippen LogP contribution in [0.25, 0.3) is 0 Å². The van der Waals surface area contributed by atoms with Gasteiger partial charge in [-0.05, 0) is 12.1 Å². The first-order valence-corrected chi connectivity index (χ1v) is 5.25. The summed E-state index contributed by atoms with van der Waals surface area (Å²) in [6.07, 6.45) is 1.08. The molecule has 0 amide bonds. The van der Waals surface area contributed by atoms with Crippen LogP contribution in [-0.4, -0.2) is 19.8 Å². The third-order valence-electron chi connectivity index (χ3n) is 2.37. The first kappa shape index (κ1) is 13.1. The molecular weight excluding hydrogens is 268 g/mol. The van der Waals surface area contributed by atoms with Crippen molar-refractivity contribution in [3.63, 3.8) is 0 Å². The van der Waals surface area contributed by atoms with E-state index in [0.29, 0.717) is 5.69 Å². The zero-order chi connectivity index (χ0) is 14.7. The molecule has 2 aromatic rings. The number of nitrogen functional groups attached to an aromatic ring is 1. The Morgan fingerprint density at radius 1 is 1.05 bits per heavy atom. The molecule has 0 atom stereocenters. The van der Waals surface area contributed by atoms with E-state index in [-0.39, 0.29) is 17.3 Å². The SMILES string of the molecule is Nc1ncnc(Nc2ccc([N+](=O)[O-])cc2)c1[N+](=O)[O-]. The highest BCUT2D eigenvalue weighted by molar-refractivity contribution is 5.72. The maximum atomic E-state index is 10.9. The summed E-state index contributed by atoms with van der Waals surface area (Å²) in [4.78, 5) is 27.4. The number of nitro groups is 2. The molecule has 0 aliphatic heterocycles. The van der Waals surface area contributed by atoms with Gasteiger partial charge in [0, 0.05) is 17.8 Å². The second-order valence-corrected chi connectivity index (χ2v) is 3.64. The largest absolute Gasteiger partial charge is 0.378 e. The van der Waals surface area contributed by atoms with Crippen LogP contribution < -0.4 is 11.1 Å². The van der Waals surface area contributed by atoms with E-state index >= 15 is 0 Å². The zero-order valence-electron chi connectivity index (χ0n) is 9.89. The summed E-state index contributed by atoms with van der Waals surface area (Å²) in [5.74, 6) is -0.356. The predicted molar refractivity (Wildman–Crippen MR) is 69.5 cm³/mol. The molecule has 0 saturated carbocycles. The molecule has 1 heterocycles. The van der Waals surface area contributed by atoms with Gasteiger partial charge in [-0.3, -0.25) is 20.2 Å². The van der Waals surface area contributed by atoms with E-state index in [4.69, 9.17) is 5.73 Å². The summed E-state index contributed by atoms with van der Waals surface area (Å²) in [7, 11) is 0. The van der Waals surface area contributed by atoms with Gasteiger partial charge >= 0.3 is 5.69 Å². The number of hydrogen-bond donors (Lipinski definition) is 2. The third kappa shape index (κ3) is 2.58. The quantitative estimate of drug-likeness (QED) is 0.631. The molecule has 1 aromatic carbocycles. The fourth-order valence-electron chi connectivity index (χ4n) is 1.47.